The number of hydrogen-bond acceptors (Lipinski definition) is 2. The molecule has 0 amide bonds. The molecule has 2 rings (SSSR count). The van der Waals surface area contributed by atoms with Crippen molar-refractivity contribution in [1.82, 2.24) is 4.98 Å². The summed E-state index contributed by atoms with van der Waals surface area (Å²) in [6, 6.07) is 12.4. The van der Waals surface area contributed by atoms with E-state index < -0.39 is 0 Å². The van der Waals surface area contributed by atoms with Crippen molar-refractivity contribution in [3.05, 3.63) is 58.9 Å². The number of thioether (sulfide) groups is 1. The minimum Gasteiger partial charge on any atom is -0.244 e. The maximum atomic E-state index is 5.83. The Hall–Kier alpha value is -0.990. The lowest BCUT2D eigenvalue weighted by Crippen LogP contribution is -1.82. The van der Waals surface area contributed by atoms with Crippen molar-refractivity contribution >= 4 is 23.4 Å². The summed E-state index contributed by atoms with van der Waals surface area (Å²) in [6.45, 7) is 2.11. The molecule has 16 heavy (non-hydrogen) atoms. The fourth-order valence-corrected chi connectivity index (χ4v) is 2.55. The molecule has 1 nitrogen and oxygen atoms in total. The minimum atomic E-state index is 0.550. The third-order valence-electron chi connectivity index (χ3n) is 2.19. The standard InChI is InChI=1S/C13H12ClNS/c1-10-3-2-4-11(7-10)9-16-12-5-6-15-13(14)8-12/h2-8H,9H2,1H3. The number of aromatic nitrogens is 1. The van der Waals surface area contributed by atoms with E-state index in [0.29, 0.717) is 5.15 Å². The lowest BCUT2D eigenvalue weighted by Gasteiger charge is -2.03. The highest BCUT2D eigenvalue weighted by Crippen LogP contribution is 2.24. The van der Waals surface area contributed by atoms with Gasteiger partial charge in [0.1, 0.15) is 5.15 Å². The highest BCUT2D eigenvalue weighted by Gasteiger charge is 1.98. The van der Waals surface area contributed by atoms with Crippen LogP contribution in [0.1, 0.15) is 11.1 Å². The lowest BCUT2D eigenvalue weighted by molar-refractivity contribution is 1.26. The molecule has 0 saturated heterocycles. The van der Waals surface area contributed by atoms with E-state index in [4.69, 9.17) is 11.6 Å². The van der Waals surface area contributed by atoms with Crippen LogP contribution in [0.2, 0.25) is 5.15 Å². The molecule has 0 aliphatic rings. The molecule has 0 unspecified atom stereocenters. The van der Waals surface area contributed by atoms with Gasteiger partial charge in [-0.2, -0.15) is 0 Å². The molecule has 0 aliphatic heterocycles. The second-order valence-electron chi connectivity index (χ2n) is 3.59. The lowest BCUT2D eigenvalue weighted by atomic mass is 10.2. The number of nitrogens with zero attached hydrogens (tertiary/aromatic N) is 1. The smallest absolute Gasteiger partial charge is 0.130 e. The first kappa shape index (κ1) is 11.5. The highest BCUT2D eigenvalue weighted by atomic mass is 35.5. The summed E-state index contributed by atoms with van der Waals surface area (Å²) in [7, 11) is 0. The van der Waals surface area contributed by atoms with Crippen molar-refractivity contribution in [3.63, 3.8) is 0 Å². The summed E-state index contributed by atoms with van der Waals surface area (Å²) in [5.41, 5.74) is 2.63. The molecular formula is C13H12ClNS. The van der Waals surface area contributed by atoms with Crippen molar-refractivity contribution in [2.75, 3.05) is 0 Å². The maximum absolute atomic E-state index is 5.83. The molecule has 0 saturated carbocycles. The third kappa shape index (κ3) is 3.26. The number of aryl methyl sites for hydroxylation is 1. The van der Waals surface area contributed by atoms with Crippen LogP contribution in [-0.2, 0) is 5.75 Å². The van der Waals surface area contributed by atoms with Crippen LogP contribution in [0.4, 0.5) is 0 Å². The van der Waals surface area contributed by atoms with Gasteiger partial charge >= 0.3 is 0 Å². The van der Waals surface area contributed by atoms with Gasteiger partial charge in [-0.05, 0) is 24.6 Å². The molecule has 0 spiro atoms. The molecule has 0 radical (unpaired) electrons. The van der Waals surface area contributed by atoms with Gasteiger partial charge in [0.15, 0.2) is 0 Å². The second-order valence-corrected chi connectivity index (χ2v) is 5.03. The van der Waals surface area contributed by atoms with Crippen LogP contribution in [0.3, 0.4) is 0 Å². The molecule has 0 fully saturated rings. The Balaban J connectivity index is 2.02. The van der Waals surface area contributed by atoms with Gasteiger partial charge in [-0.1, -0.05) is 41.4 Å². The van der Waals surface area contributed by atoms with Gasteiger partial charge in [-0.3, -0.25) is 0 Å². The number of hydrogen-bond donors (Lipinski definition) is 0. The SMILES string of the molecule is Cc1cccc(CSc2ccnc(Cl)c2)c1. The number of halogens is 1. The monoisotopic (exact) mass is 249 g/mol. The van der Waals surface area contributed by atoms with Gasteiger partial charge in [0.2, 0.25) is 0 Å². The Morgan fingerprint density at radius 2 is 2.12 bits per heavy atom. The summed E-state index contributed by atoms with van der Waals surface area (Å²) in [4.78, 5) is 5.12. The Labute approximate surface area is 105 Å². The molecule has 0 bridgehead atoms. The predicted molar refractivity (Wildman–Crippen MR) is 70.0 cm³/mol. The number of benzene rings is 1. The first-order valence-electron chi connectivity index (χ1n) is 5.04. The zero-order valence-corrected chi connectivity index (χ0v) is 10.6. The average Bonchev–Trinajstić information content (AvgIpc) is 2.27. The highest BCUT2D eigenvalue weighted by molar-refractivity contribution is 7.98. The Bertz CT molecular complexity index is 439. The summed E-state index contributed by atoms with van der Waals surface area (Å²) < 4.78 is 0. The van der Waals surface area contributed by atoms with E-state index in [1.807, 2.05) is 12.1 Å². The van der Waals surface area contributed by atoms with Crippen molar-refractivity contribution < 1.29 is 0 Å². The van der Waals surface area contributed by atoms with E-state index in [2.05, 4.69) is 36.2 Å². The molecule has 3 heteroatoms. The van der Waals surface area contributed by atoms with Crippen LogP contribution >= 0.6 is 23.4 Å². The van der Waals surface area contributed by atoms with Gasteiger partial charge in [-0.25, -0.2) is 4.98 Å². The van der Waals surface area contributed by atoms with Crippen molar-refractivity contribution in [2.45, 2.75) is 17.6 Å². The summed E-state index contributed by atoms with van der Waals surface area (Å²) in [5, 5.41) is 0.550. The summed E-state index contributed by atoms with van der Waals surface area (Å²) in [5.74, 6) is 0.960. The van der Waals surface area contributed by atoms with Crippen molar-refractivity contribution in [2.24, 2.45) is 0 Å². The molecule has 0 N–H and O–H groups in total. The maximum Gasteiger partial charge on any atom is 0.130 e. The molecule has 0 atom stereocenters. The van der Waals surface area contributed by atoms with Gasteiger partial charge < -0.3 is 0 Å². The molecular weight excluding hydrogens is 238 g/mol. The number of pyridine rings is 1. The van der Waals surface area contributed by atoms with Gasteiger partial charge in [0.05, 0.1) is 0 Å². The van der Waals surface area contributed by atoms with Gasteiger partial charge in [0, 0.05) is 16.8 Å². The normalized spacial score (nSPS) is 10.4. The molecule has 1 heterocycles. The van der Waals surface area contributed by atoms with Crippen LogP contribution in [-0.4, -0.2) is 4.98 Å². The Morgan fingerprint density at radius 1 is 1.25 bits per heavy atom. The van der Waals surface area contributed by atoms with E-state index >= 15 is 0 Å². The quantitative estimate of drug-likeness (QED) is 0.593. The topological polar surface area (TPSA) is 12.9 Å². The third-order valence-corrected chi connectivity index (χ3v) is 3.46. The van der Waals surface area contributed by atoms with E-state index in [1.54, 1.807) is 18.0 Å². The van der Waals surface area contributed by atoms with Crippen LogP contribution in [0.25, 0.3) is 0 Å². The molecule has 82 valence electrons. The van der Waals surface area contributed by atoms with Crippen LogP contribution in [0, 0.1) is 6.92 Å². The summed E-state index contributed by atoms with van der Waals surface area (Å²) in [6.07, 6.45) is 1.74. The van der Waals surface area contributed by atoms with Gasteiger partial charge in [0.25, 0.3) is 0 Å². The predicted octanol–water partition coefficient (Wildman–Crippen LogP) is 4.34. The van der Waals surface area contributed by atoms with E-state index in [-0.39, 0.29) is 0 Å². The number of rotatable bonds is 3. The Kier molecular flexibility index (Phi) is 3.86. The molecule has 1 aromatic heterocycles. The van der Waals surface area contributed by atoms with Crippen LogP contribution < -0.4 is 0 Å². The second kappa shape index (κ2) is 5.37. The molecule has 2 aromatic rings. The first-order chi connectivity index (χ1) is 7.74. The first-order valence-corrected chi connectivity index (χ1v) is 6.40. The average molecular weight is 250 g/mol. The van der Waals surface area contributed by atoms with Crippen molar-refractivity contribution in [1.29, 1.82) is 0 Å². The van der Waals surface area contributed by atoms with Crippen LogP contribution in [0.5, 0.6) is 0 Å². The van der Waals surface area contributed by atoms with Gasteiger partial charge in [-0.15, -0.1) is 11.8 Å². The van der Waals surface area contributed by atoms with E-state index in [0.717, 1.165) is 10.6 Å². The molecule has 0 aliphatic carbocycles. The van der Waals surface area contributed by atoms with Crippen molar-refractivity contribution in [3.8, 4) is 0 Å². The zero-order chi connectivity index (χ0) is 11.4. The summed E-state index contributed by atoms with van der Waals surface area (Å²) >= 11 is 7.60. The van der Waals surface area contributed by atoms with E-state index in [1.165, 1.54) is 11.1 Å². The molecule has 1 aromatic carbocycles. The fraction of sp³-hybridized carbons (Fsp3) is 0.154. The Morgan fingerprint density at radius 3 is 2.88 bits per heavy atom. The van der Waals surface area contributed by atoms with Crippen LogP contribution in [0.15, 0.2) is 47.5 Å². The fourth-order valence-electron chi connectivity index (χ4n) is 1.44. The largest absolute Gasteiger partial charge is 0.244 e. The zero-order valence-electron chi connectivity index (χ0n) is 8.98. The van der Waals surface area contributed by atoms with E-state index in [9.17, 15) is 0 Å². The minimum absolute atomic E-state index is 0.550.